The summed E-state index contributed by atoms with van der Waals surface area (Å²) in [6.45, 7) is 1.65. The van der Waals surface area contributed by atoms with Crippen LogP contribution in [0.3, 0.4) is 0 Å². The zero-order valence-corrected chi connectivity index (χ0v) is 17.5. The van der Waals surface area contributed by atoms with Crippen LogP contribution in [-0.2, 0) is 9.47 Å². The van der Waals surface area contributed by atoms with Crippen LogP contribution in [-0.4, -0.2) is 61.3 Å². The van der Waals surface area contributed by atoms with Gasteiger partial charge in [0, 0.05) is 35.2 Å². The molecule has 2 aliphatic rings. The fourth-order valence-electron chi connectivity index (χ4n) is 3.91. The Hall–Kier alpha value is -2.94. The van der Waals surface area contributed by atoms with Gasteiger partial charge in [0.15, 0.2) is 0 Å². The molecule has 31 heavy (non-hydrogen) atoms. The van der Waals surface area contributed by atoms with Gasteiger partial charge in [-0.15, -0.1) is 0 Å². The predicted octanol–water partition coefficient (Wildman–Crippen LogP) is 3.05. The van der Waals surface area contributed by atoms with Gasteiger partial charge in [-0.05, 0) is 35.7 Å². The van der Waals surface area contributed by atoms with Gasteiger partial charge in [0.05, 0.1) is 25.5 Å². The lowest BCUT2D eigenvalue weighted by molar-refractivity contribution is -0.00461. The van der Waals surface area contributed by atoms with E-state index in [-0.39, 0.29) is 30.1 Å². The van der Waals surface area contributed by atoms with Gasteiger partial charge in [0.2, 0.25) is 0 Å². The van der Waals surface area contributed by atoms with Gasteiger partial charge in [-0.3, -0.25) is 9.59 Å². The Morgan fingerprint density at radius 2 is 1.71 bits per heavy atom. The number of fused-ring (bicyclic) bond motifs is 1. The van der Waals surface area contributed by atoms with E-state index in [4.69, 9.17) is 13.9 Å². The van der Waals surface area contributed by atoms with E-state index in [1.165, 1.54) is 11.3 Å². The highest BCUT2D eigenvalue weighted by molar-refractivity contribution is 7.08. The van der Waals surface area contributed by atoms with Crippen LogP contribution in [0.1, 0.15) is 20.7 Å². The van der Waals surface area contributed by atoms with Crippen LogP contribution < -0.4 is 5.32 Å². The average Bonchev–Trinajstić information content (AvgIpc) is 3.56. The first kappa shape index (κ1) is 20.0. The minimum Gasteiger partial charge on any atom is -0.464 e. The van der Waals surface area contributed by atoms with Gasteiger partial charge in [-0.1, -0.05) is 12.1 Å². The number of nitrogens with zero attached hydrogens (tertiary/aromatic N) is 1. The molecule has 2 atom stereocenters. The molecular weight excluding hydrogens is 416 g/mol. The van der Waals surface area contributed by atoms with Gasteiger partial charge in [-0.25, -0.2) is 0 Å². The molecule has 2 aromatic heterocycles. The first-order chi connectivity index (χ1) is 15.2. The second-order valence-electron chi connectivity index (χ2n) is 7.69. The van der Waals surface area contributed by atoms with Crippen molar-refractivity contribution in [3.05, 3.63) is 70.6 Å². The van der Waals surface area contributed by atoms with Crippen LogP contribution in [0, 0.1) is 0 Å². The third-order valence-corrected chi connectivity index (χ3v) is 6.26. The van der Waals surface area contributed by atoms with E-state index < -0.39 is 0 Å². The van der Waals surface area contributed by atoms with E-state index in [1.54, 1.807) is 17.2 Å². The summed E-state index contributed by atoms with van der Waals surface area (Å²) in [5.74, 6) is 0.596. The molecule has 0 saturated carbocycles. The number of likely N-dealkylation sites (tertiary alicyclic amines) is 1. The zero-order chi connectivity index (χ0) is 21.2. The van der Waals surface area contributed by atoms with Crippen molar-refractivity contribution in [3.63, 3.8) is 0 Å². The van der Waals surface area contributed by atoms with Crippen molar-refractivity contribution in [1.82, 2.24) is 10.2 Å². The average molecular weight is 439 g/mol. The van der Waals surface area contributed by atoms with E-state index in [0.717, 1.165) is 11.3 Å². The highest BCUT2D eigenvalue weighted by atomic mass is 32.1. The lowest BCUT2D eigenvalue weighted by Crippen LogP contribution is -2.41. The Kier molecular flexibility index (Phi) is 5.59. The molecule has 2 aliphatic heterocycles. The minimum atomic E-state index is -0.212. The summed E-state index contributed by atoms with van der Waals surface area (Å²) in [6.07, 6.45) is 1.23. The predicted molar refractivity (Wildman–Crippen MR) is 115 cm³/mol. The van der Waals surface area contributed by atoms with Crippen molar-refractivity contribution >= 4 is 23.2 Å². The first-order valence-electron chi connectivity index (χ1n) is 10.2. The SMILES string of the molecule is O=C(NC1CO[C@H]2CN(C(=O)c3ccc(-c4ccco4)cc3)C[C@@H]2OC1)c1ccsc1. The van der Waals surface area contributed by atoms with E-state index >= 15 is 0 Å². The van der Waals surface area contributed by atoms with Crippen LogP contribution in [0.15, 0.2) is 63.9 Å². The summed E-state index contributed by atoms with van der Waals surface area (Å²) in [5.41, 5.74) is 2.19. The van der Waals surface area contributed by atoms with Gasteiger partial charge in [0.25, 0.3) is 11.8 Å². The van der Waals surface area contributed by atoms with Gasteiger partial charge in [0.1, 0.15) is 18.0 Å². The molecule has 1 N–H and O–H groups in total. The Balaban J connectivity index is 1.17. The molecule has 3 aromatic rings. The fraction of sp³-hybridized carbons (Fsp3) is 0.304. The maximum Gasteiger partial charge on any atom is 0.254 e. The molecular formula is C23H22N2O5S. The molecule has 7 nitrogen and oxygen atoms in total. The quantitative estimate of drug-likeness (QED) is 0.677. The maximum absolute atomic E-state index is 13.0. The molecule has 0 radical (unpaired) electrons. The van der Waals surface area contributed by atoms with Crippen molar-refractivity contribution in [2.75, 3.05) is 26.3 Å². The smallest absolute Gasteiger partial charge is 0.254 e. The molecule has 2 fully saturated rings. The van der Waals surface area contributed by atoms with E-state index in [9.17, 15) is 9.59 Å². The highest BCUT2D eigenvalue weighted by Crippen LogP contribution is 2.24. The fourth-order valence-corrected chi connectivity index (χ4v) is 4.54. The number of nitrogens with one attached hydrogen (secondary N) is 1. The second-order valence-corrected chi connectivity index (χ2v) is 8.47. The highest BCUT2D eigenvalue weighted by Gasteiger charge is 2.39. The van der Waals surface area contributed by atoms with Crippen LogP contribution in [0.4, 0.5) is 0 Å². The molecule has 2 saturated heterocycles. The first-order valence-corrected chi connectivity index (χ1v) is 11.1. The van der Waals surface area contributed by atoms with Crippen LogP contribution >= 0.6 is 11.3 Å². The summed E-state index contributed by atoms with van der Waals surface area (Å²) in [4.78, 5) is 27.0. The number of carbonyl (C=O) groups excluding carboxylic acids is 2. The van der Waals surface area contributed by atoms with Gasteiger partial charge >= 0.3 is 0 Å². The van der Waals surface area contributed by atoms with Crippen molar-refractivity contribution in [1.29, 1.82) is 0 Å². The largest absolute Gasteiger partial charge is 0.464 e. The number of ether oxygens (including phenoxy) is 2. The summed E-state index contributed by atoms with van der Waals surface area (Å²) >= 11 is 1.48. The van der Waals surface area contributed by atoms with Crippen LogP contribution in [0.25, 0.3) is 11.3 Å². The number of hydrogen-bond donors (Lipinski definition) is 1. The molecule has 4 heterocycles. The molecule has 1 aromatic carbocycles. The Morgan fingerprint density at radius 1 is 0.968 bits per heavy atom. The second kappa shape index (κ2) is 8.66. The third-order valence-electron chi connectivity index (χ3n) is 5.58. The number of rotatable bonds is 4. The lowest BCUT2D eigenvalue weighted by Gasteiger charge is -2.19. The van der Waals surface area contributed by atoms with Crippen molar-refractivity contribution in [3.8, 4) is 11.3 Å². The Morgan fingerprint density at radius 3 is 2.32 bits per heavy atom. The van der Waals surface area contributed by atoms with Crippen molar-refractivity contribution in [2.45, 2.75) is 18.2 Å². The molecule has 5 rings (SSSR count). The molecule has 8 heteroatoms. The number of thiophene rings is 1. The number of furan rings is 1. The molecule has 0 aliphatic carbocycles. The van der Waals surface area contributed by atoms with Crippen LogP contribution in [0.2, 0.25) is 0 Å². The lowest BCUT2D eigenvalue weighted by atomic mass is 10.1. The Bertz CT molecular complexity index is 1020. The molecule has 0 bridgehead atoms. The third kappa shape index (κ3) is 4.27. The van der Waals surface area contributed by atoms with E-state index in [0.29, 0.717) is 37.4 Å². The number of hydrogen-bond acceptors (Lipinski definition) is 6. The summed E-state index contributed by atoms with van der Waals surface area (Å²) in [7, 11) is 0. The van der Waals surface area contributed by atoms with Crippen LogP contribution in [0.5, 0.6) is 0 Å². The number of benzene rings is 1. The molecule has 0 unspecified atom stereocenters. The normalized spacial score (nSPS) is 21.5. The Labute approximate surface area is 183 Å². The number of amides is 2. The molecule has 0 spiro atoms. The summed E-state index contributed by atoms with van der Waals surface area (Å²) in [5, 5.41) is 6.64. The van der Waals surface area contributed by atoms with Crippen molar-refractivity contribution in [2.24, 2.45) is 0 Å². The number of carbonyl (C=O) groups is 2. The van der Waals surface area contributed by atoms with Gasteiger partial charge < -0.3 is 24.1 Å². The zero-order valence-electron chi connectivity index (χ0n) is 16.7. The molecule has 2 amide bonds. The monoisotopic (exact) mass is 438 g/mol. The van der Waals surface area contributed by atoms with E-state index in [2.05, 4.69) is 5.32 Å². The summed E-state index contributed by atoms with van der Waals surface area (Å²) in [6, 6.07) is 12.7. The van der Waals surface area contributed by atoms with Gasteiger partial charge in [-0.2, -0.15) is 11.3 Å². The molecule has 160 valence electrons. The van der Waals surface area contributed by atoms with Crippen molar-refractivity contribution < 1.29 is 23.5 Å². The summed E-state index contributed by atoms with van der Waals surface area (Å²) < 4.78 is 17.4. The minimum absolute atomic E-state index is 0.0476. The topological polar surface area (TPSA) is 81.0 Å². The maximum atomic E-state index is 13.0. The standard InChI is InChI=1S/C23H22N2O5S/c26-22(17-7-9-31-14-17)24-18-12-29-20-10-25(11-21(20)30-13-18)23(27)16-5-3-15(4-6-16)19-2-1-8-28-19/h1-9,14,18,20-21H,10-13H2,(H,24,26)/t20-,21-/m0/s1. The van der Waals surface area contributed by atoms with E-state index in [1.807, 2.05) is 47.2 Å².